The van der Waals surface area contributed by atoms with Crippen LogP contribution in [0.2, 0.25) is 0 Å². The lowest BCUT2D eigenvalue weighted by atomic mass is 9.75. The number of imide groups is 1. The van der Waals surface area contributed by atoms with Crippen LogP contribution in [0.25, 0.3) is 0 Å². The number of likely N-dealkylation sites (tertiary alicyclic amines) is 2. The molecule has 2 atom stereocenters. The average molecular weight is 448 g/mol. The Balaban J connectivity index is 1.61. The minimum Gasteiger partial charge on any atom is -0.342 e. The number of piperidine rings is 1. The highest BCUT2D eigenvalue weighted by Crippen LogP contribution is 2.41. The molecule has 0 spiro atoms. The zero-order chi connectivity index (χ0) is 23.4. The summed E-state index contributed by atoms with van der Waals surface area (Å²) in [5.41, 5.74) is 0.189. The number of rotatable bonds is 7. The van der Waals surface area contributed by atoms with Crippen LogP contribution >= 0.6 is 0 Å². The van der Waals surface area contributed by atoms with Crippen LogP contribution in [0.15, 0.2) is 54.9 Å². The number of amides is 3. The first-order valence-corrected chi connectivity index (χ1v) is 11.5. The molecule has 4 rings (SSSR count). The van der Waals surface area contributed by atoms with E-state index in [2.05, 4.69) is 4.98 Å². The summed E-state index contributed by atoms with van der Waals surface area (Å²) in [6.45, 7) is 2.93. The molecule has 2 fully saturated rings. The number of hydrogen-bond donors (Lipinski definition) is 0. The fourth-order valence-corrected chi connectivity index (χ4v) is 4.98. The summed E-state index contributed by atoms with van der Waals surface area (Å²) >= 11 is 0. The van der Waals surface area contributed by atoms with Crippen molar-refractivity contribution in [3.05, 3.63) is 66.0 Å². The van der Waals surface area contributed by atoms with E-state index in [-0.39, 0.29) is 48.8 Å². The van der Waals surface area contributed by atoms with Crippen LogP contribution in [-0.4, -0.2) is 51.4 Å². The van der Waals surface area contributed by atoms with Crippen LogP contribution in [0.5, 0.6) is 0 Å². The Hall–Kier alpha value is -3.35. The summed E-state index contributed by atoms with van der Waals surface area (Å²) in [4.78, 5) is 59.4. The minimum absolute atomic E-state index is 0.0486. The topological polar surface area (TPSA) is 87.7 Å². The van der Waals surface area contributed by atoms with Crippen molar-refractivity contribution >= 4 is 23.5 Å². The van der Waals surface area contributed by atoms with Crippen LogP contribution in [0.1, 0.15) is 50.2 Å². The van der Waals surface area contributed by atoms with E-state index in [4.69, 9.17) is 0 Å². The van der Waals surface area contributed by atoms with E-state index in [0.29, 0.717) is 25.1 Å². The molecule has 0 aliphatic carbocycles. The molecule has 1 aromatic heterocycles. The van der Waals surface area contributed by atoms with Gasteiger partial charge in [-0.1, -0.05) is 43.3 Å². The number of nitrogens with zero attached hydrogens (tertiary/aromatic N) is 3. The molecule has 3 amide bonds. The van der Waals surface area contributed by atoms with E-state index in [0.717, 1.165) is 18.4 Å². The highest BCUT2D eigenvalue weighted by molar-refractivity contribution is 6.10. The van der Waals surface area contributed by atoms with E-state index in [1.165, 1.54) is 4.90 Å². The minimum atomic E-state index is -1.24. The molecule has 33 heavy (non-hydrogen) atoms. The smallest absolute Gasteiger partial charge is 0.241 e. The molecule has 3 heterocycles. The molecular formula is C26H29N3O4. The van der Waals surface area contributed by atoms with Crippen LogP contribution in [0, 0.1) is 5.92 Å². The van der Waals surface area contributed by atoms with E-state index < -0.39 is 5.41 Å². The van der Waals surface area contributed by atoms with Gasteiger partial charge in [-0.25, -0.2) is 0 Å². The molecule has 0 radical (unpaired) electrons. The third-order valence-corrected chi connectivity index (χ3v) is 6.83. The Bertz CT molecular complexity index is 1040. The van der Waals surface area contributed by atoms with E-state index >= 15 is 0 Å². The quantitative estimate of drug-likeness (QED) is 0.609. The summed E-state index contributed by atoms with van der Waals surface area (Å²) in [6.07, 6.45) is 5.14. The first kappa shape index (κ1) is 22.8. The Kier molecular flexibility index (Phi) is 6.67. The molecule has 1 aromatic carbocycles. The number of ketones is 1. The van der Waals surface area contributed by atoms with Crippen LogP contribution in [0.3, 0.4) is 0 Å². The maximum atomic E-state index is 13.7. The summed E-state index contributed by atoms with van der Waals surface area (Å²) in [5, 5.41) is 0. The summed E-state index contributed by atoms with van der Waals surface area (Å²) in [5.74, 6) is -0.812. The highest BCUT2D eigenvalue weighted by Gasteiger charge is 2.54. The monoisotopic (exact) mass is 447 g/mol. The normalized spacial score (nSPS) is 23.1. The van der Waals surface area contributed by atoms with Crippen molar-refractivity contribution in [1.82, 2.24) is 14.8 Å². The van der Waals surface area contributed by atoms with Crippen LogP contribution in [0.4, 0.5) is 0 Å². The summed E-state index contributed by atoms with van der Waals surface area (Å²) in [7, 11) is 0. The predicted molar refractivity (Wildman–Crippen MR) is 122 cm³/mol. The van der Waals surface area contributed by atoms with Gasteiger partial charge in [-0.3, -0.25) is 29.1 Å². The Morgan fingerprint density at radius 3 is 2.61 bits per heavy atom. The van der Waals surface area contributed by atoms with Crippen molar-refractivity contribution in [2.45, 2.75) is 51.0 Å². The molecule has 0 bridgehead atoms. The second kappa shape index (κ2) is 9.65. The van der Waals surface area contributed by atoms with Gasteiger partial charge in [0.25, 0.3) is 0 Å². The van der Waals surface area contributed by atoms with Crippen LogP contribution in [-0.2, 0) is 31.1 Å². The Morgan fingerprint density at radius 1 is 1.12 bits per heavy atom. The zero-order valence-corrected chi connectivity index (χ0v) is 18.9. The van der Waals surface area contributed by atoms with Crippen molar-refractivity contribution < 1.29 is 19.2 Å². The molecule has 0 unspecified atom stereocenters. The third-order valence-electron chi connectivity index (χ3n) is 6.83. The van der Waals surface area contributed by atoms with Gasteiger partial charge in [-0.15, -0.1) is 0 Å². The first-order valence-electron chi connectivity index (χ1n) is 11.5. The number of aromatic nitrogens is 1. The van der Waals surface area contributed by atoms with Gasteiger partial charge in [0.2, 0.25) is 17.7 Å². The lowest BCUT2D eigenvalue weighted by molar-refractivity contribution is -0.144. The number of Topliss-reactive ketones (excluding diaryl/α,β-unsaturated/α-hetero) is 1. The van der Waals surface area contributed by atoms with E-state index in [1.54, 1.807) is 23.4 Å². The molecular weight excluding hydrogens is 418 g/mol. The largest absolute Gasteiger partial charge is 0.342 e. The summed E-state index contributed by atoms with van der Waals surface area (Å²) < 4.78 is 0. The van der Waals surface area contributed by atoms with Gasteiger partial charge in [0.05, 0.1) is 12.0 Å². The van der Waals surface area contributed by atoms with Crippen molar-refractivity contribution in [1.29, 1.82) is 0 Å². The van der Waals surface area contributed by atoms with Gasteiger partial charge in [-0.05, 0) is 30.0 Å². The maximum absolute atomic E-state index is 13.7. The van der Waals surface area contributed by atoms with Gasteiger partial charge >= 0.3 is 0 Å². The van der Waals surface area contributed by atoms with E-state index in [9.17, 15) is 19.2 Å². The lowest BCUT2D eigenvalue weighted by Crippen LogP contribution is -2.47. The number of hydrogen-bond acceptors (Lipinski definition) is 5. The molecule has 2 aliphatic rings. The predicted octanol–water partition coefficient (Wildman–Crippen LogP) is 2.89. The second-order valence-electron chi connectivity index (χ2n) is 8.95. The molecule has 0 N–H and O–H groups in total. The third kappa shape index (κ3) is 4.58. The number of benzene rings is 1. The fourth-order valence-electron chi connectivity index (χ4n) is 4.98. The molecule has 2 saturated heterocycles. The number of carbonyl (C=O) groups is 4. The van der Waals surface area contributed by atoms with Crippen LogP contribution < -0.4 is 0 Å². The molecule has 172 valence electrons. The number of pyridine rings is 1. The van der Waals surface area contributed by atoms with Gasteiger partial charge in [0.1, 0.15) is 5.78 Å². The second-order valence-corrected chi connectivity index (χ2v) is 8.95. The fraction of sp³-hybridized carbons (Fsp3) is 0.423. The van der Waals surface area contributed by atoms with Crippen molar-refractivity contribution in [2.24, 2.45) is 5.92 Å². The molecule has 0 saturated carbocycles. The van der Waals surface area contributed by atoms with Gasteiger partial charge in [-0.2, -0.15) is 0 Å². The summed E-state index contributed by atoms with van der Waals surface area (Å²) in [6, 6.07) is 12.7. The average Bonchev–Trinajstić information content (AvgIpc) is 3.09. The Morgan fingerprint density at radius 2 is 1.91 bits per heavy atom. The maximum Gasteiger partial charge on any atom is 0.241 e. The molecule has 2 aliphatic heterocycles. The molecule has 7 nitrogen and oxygen atoms in total. The van der Waals surface area contributed by atoms with Crippen molar-refractivity contribution in [3.63, 3.8) is 0 Å². The first-order chi connectivity index (χ1) is 15.9. The zero-order valence-electron chi connectivity index (χ0n) is 18.9. The molecule has 7 heteroatoms. The van der Waals surface area contributed by atoms with Gasteiger partial charge in [0, 0.05) is 50.7 Å². The lowest BCUT2D eigenvalue weighted by Gasteiger charge is -2.35. The SMILES string of the molecule is CCC(=O)[C@H]1CCCN(C(=O)C[C@@]2(c3ccccc3)CC(=O)N(Cc3cccnc3)C2=O)C1. The number of carbonyl (C=O) groups excluding carboxylic acids is 4. The highest BCUT2D eigenvalue weighted by atomic mass is 16.2. The van der Waals surface area contributed by atoms with E-state index in [1.807, 2.05) is 43.3 Å². The molecule has 2 aromatic rings. The van der Waals surface area contributed by atoms with Gasteiger partial charge in [0.15, 0.2) is 0 Å². The van der Waals surface area contributed by atoms with Crippen molar-refractivity contribution in [3.8, 4) is 0 Å². The van der Waals surface area contributed by atoms with Crippen molar-refractivity contribution in [2.75, 3.05) is 13.1 Å². The standard InChI is InChI=1S/C26H29N3O4/c1-2-22(30)20-9-7-13-28(18-20)23(31)14-26(21-10-4-3-5-11-21)15-24(32)29(25(26)33)17-19-8-6-12-27-16-19/h3-6,8,10-12,16,20H,2,7,9,13-15,17-18H2,1H3/t20-,26-/m0/s1. The Labute approximate surface area is 193 Å². The van der Waals surface area contributed by atoms with Gasteiger partial charge < -0.3 is 4.90 Å².